The Labute approximate surface area is 142 Å². The van der Waals surface area contributed by atoms with Gasteiger partial charge >= 0.3 is 0 Å². The van der Waals surface area contributed by atoms with E-state index in [1.54, 1.807) is 6.26 Å². The zero-order valence-electron chi connectivity index (χ0n) is 15.1. The number of fused-ring (bicyclic) bond motifs is 1. The summed E-state index contributed by atoms with van der Waals surface area (Å²) in [5.41, 5.74) is 9.30. The van der Waals surface area contributed by atoms with E-state index in [0.29, 0.717) is 5.92 Å². The molecule has 1 aromatic heterocycles. The number of carbonyl (C=O) groups excluding carboxylic acids is 2. The summed E-state index contributed by atoms with van der Waals surface area (Å²) >= 11 is 0. The van der Waals surface area contributed by atoms with Crippen LogP contribution >= 0.6 is 0 Å². The van der Waals surface area contributed by atoms with Gasteiger partial charge in [-0.15, -0.1) is 0 Å². The standard InChI is InChI=1S/C19H26N2O3/c1-11(2)15-8-16-14(10-24-17(16)6-13(15)5)7-19(23)21(12(3)4)9-18(20)22/h6,8,10-12H,7,9H2,1-5H3,(H2,20,22). The van der Waals surface area contributed by atoms with Gasteiger partial charge in [-0.1, -0.05) is 13.8 Å². The summed E-state index contributed by atoms with van der Waals surface area (Å²) in [6.45, 7) is 10.0. The van der Waals surface area contributed by atoms with Gasteiger partial charge in [-0.2, -0.15) is 0 Å². The second-order valence-electron chi connectivity index (χ2n) is 6.88. The lowest BCUT2D eigenvalue weighted by atomic mass is 9.95. The molecular formula is C19H26N2O3. The molecular weight excluding hydrogens is 304 g/mol. The second-order valence-corrected chi connectivity index (χ2v) is 6.88. The van der Waals surface area contributed by atoms with E-state index in [9.17, 15) is 9.59 Å². The molecule has 2 N–H and O–H groups in total. The minimum absolute atomic E-state index is 0.0668. The maximum Gasteiger partial charge on any atom is 0.237 e. The van der Waals surface area contributed by atoms with Gasteiger partial charge in [-0.3, -0.25) is 9.59 Å². The van der Waals surface area contributed by atoms with Gasteiger partial charge in [0.15, 0.2) is 0 Å². The van der Waals surface area contributed by atoms with Crippen LogP contribution in [-0.2, 0) is 16.0 Å². The number of rotatable bonds is 6. The molecule has 1 heterocycles. The number of hydrogen-bond donors (Lipinski definition) is 1. The zero-order valence-corrected chi connectivity index (χ0v) is 15.1. The molecule has 0 atom stereocenters. The van der Waals surface area contributed by atoms with Crippen LogP contribution in [0, 0.1) is 6.92 Å². The minimum Gasteiger partial charge on any atom is -0.464 e. The number of furan rings is 1. The van der Waals surface area contributed by atoms with E-state index in [-0.39, 0.29) is 24.9 Å². The molecule has 0 saturated carbocycles. The molecule has 5 heteroatoms. The van der Waals surface area contributed by atoms with Crippen LogP contribution in [0.2, 0.25) is 0 Å². The Hall–Kier alpha value is -2.30. The van der Waals surface area contributed by atoms with Crippen LogP contribution in [0.25, 0.3) is 11.0 Å². The van der Waals surface area contributed by atoms with Crippen molar-refractivity contribution in [2.45, 2.75) is 53.0 Å². The smallest absolute Gasteiger partial charge is 0.237 e. The summed E-state index contributed by atoms with van der Waals surface area (Å²) in [7, 11) is 0. The first-order chi connectivity index (χ1) is 11.2. The number of nitrogens with zero attached hydrogens (tertiary/aromatic N) is 1. The topological polar surface area (TPSA) is 76.5 Å². The Kier molecular flexibility index (Phi) is 5.32. The van der Waals surface area contributed by atoms with Crippen molar-refractivity contribution in [3.8, 4) is 0 Å². The number of hydrogen-bond acceptors (Lipinski definition) is 3. The minimum atomic E-state index is -0.508. The highest BCUT2D eigenvalue weighted by molar-refractivity contribution is 5.90. The van der Waals surface area contributed by atoms with E-state index in [1.165, 1.54) is 16.0 Å². The third-order valence-corrected chi connectivity index (χ3v) is 4.28. The zero-order chi connectivity index (χ0) is 18.0. The second kappa shape index (κ2) is 7.07. The van der Waals surface area contributed by atoms with Crippen LogP contribution in [0.1, 0.15) is 50.3 Å². The molecule has 2 amide bonds. The first-order valence-corrected chi connectivity index (χ1v) is 8.29. The maximum absolute atomic E-state index is 12.6. The number of nitrogens with two attached hydrogens (primary N) is 1. The van der Waals surface area contributed by atoms with Gasteiger partial charge in [0.2, 0.25) is 11.8 Å². The molecule has 0 spiro atoms. The van der Waals surface area contributed by atoms with Crippen molar-refractivity contribution in [2.24, 2.45) is 5.73 Å². The molecule has 1 aromatic carbocycles. The molecule has 130 valence electrons. The number of primary amides is 1. The summed E-state index contributed by atoms with van der Waals surface area (Å²) in [4.78, 5) is 25.3. The van der Waals surface area contributed by atoms with E-state index in [2.05, 4.69) is 26.8 Å². The van der Waals surface area contributed by atoms with Gasteiger partial charge in [0.1, 0.15) is 5.58 Å². The Morgan fingerprint density at radius 1 is 1.21 bits per heavy atom. The fraction of sp³-hybridized carbons (Fsp3) is 0.474. The normalized spacial score (nSPS) is 11.5. The van der Waals surface area contributed by atoms with Crippen molar-refractivity contribution >= 4 is 22.8 Å². The van der Waals surface area contributed by atoms with Crippen LogP contribution in [0.4, 0.5) is 0 Å². The average Bonchev–Trinajstić information content (AvgIpc) is 2.85. The summed E-state index contributed by atoms with van der Waals surface area (Å²) in [5, 5.41) is 0.959. The van der Waals surface area contributed by atoms with Crippen molar-refractivity contribution in [3.05, 3.63) is 35.1 Å². The highest BCUT2D eigenvalue weighted by Crippen LogP contribution is 2.29. The van der Waals surface area contributed by atoms with Crippen LogP contribution in [0.15, 0.2) is 22.8 Å². The van der Waals surface area contributed by atoms with Crippen molar-refractivity contribution < 1.29 is 14.0 Å². The third-order valence-electron chi connectivity index (χ3n) is 4.28. The molecule has 0 fully saturated rings. The van der Waals surface area contributed by atoms with Gasteiger partial charge in [0.25, 0.3) is 0 Å². The Balaban J connectivity index is 2.33. The van der Waals surface area contributed by atoms with Crippen LogP contribution < -0.4 is 5.73 Å². The fourth-order valence-electron chi connectivity index (χ4n) is 2.99. The van der Waals surface area contributed by atoms with Crippen LogP contribution in [-0.4, -0.2) is 29.3 Å². The molecule has 5 nitrogen and oxygen atoms in total. The molecule has 0 aliphatic carbocycles. The molecule has 0 radical (unpaired) electrons. The first kappa shape index (κ1) is 18.0. The molecule has 2 rings (SSSR count). The quantitative estimate of drug-likeness (QED) is 0.884. The molecule has 2 aromatic rings. The fourth-order valence-corrected chi connectivity index (χ4v) is 2.99. The van der Waals surface area contributed by atoms with Gasteiger partial charge in [0, 0.05) is 17.0 Å². The van der Waals surface area contributed by atoms with Gasteiger partial charge in [-0.05, 0) is 49.9 Å². The van der Waals surface area contributed by atoms with E-state index < -0.39 is 5.91 Å². The van der Waals surface area contributed by atoms with E-state index in [0.717, 1.165) is 16.5 Å². The lowest BCUT2D eigenvalue weighted by molar-refractivity contribution is -0.136. The van der Waals surface area contributed by atoms with Crippen molar-refractivity contribution in [1.29, 1.82) is 0 Å². The maximum atomic E-state index is 12.6. The van der Waals surface area contributed by atoms with E-state index in [4.69, 9.17) is 10.2 Å². The highest BCUT2D eigenvalue weighted by atomic mass is 16.3. The monoisotopic (exact) mass is 330 g/mol. The Morgan fingerprint density at radius 3 is 2.42 bits per heavy atom. The lowest BCUT2D eigenvalue weighted by Gasteiger charge is -2.25. The Bertz CT molecular complexity index is 759. The number of carbonyl (C=O) groups is 2. The van der Waals surface area contributed by atoms with Crippen molar-refractivity contribution in [1.82, 2.24) is 4.90 Å². The summed E-state index contributed by atoms with van der Waals surface area (Å²) < 4.78 is 5.62. The molecule has 0 bridgehead atoms. The predicted octanol–water partition coefficient (Wildman–Crippen LogP) is 3.13. The molecule has 0 unspecified atom stereocenters. The predicted molar refractivity (Wildman–Crippen MR) is 94.8 cm³/mol. The van der Waals surface area contributed by atoms with Gasteiger partial charge in [-0.25, -0.2) is 0 Å². The van der Waals surface area contributed by atoms with Crippen LogP contribution in [0.5, 0.6) is 0 Å². The largest absolute Gasteiger partial charge is 0.464 e. The molecule has 0 saturated heterocycles. The van der Waals surface area contributed by atoms with Gasteiger partial charge in [0.05, 0.1) is 19.2 Å². The molecule has 24 heavy (non-hydrogen) atoms. The van der Waals surface area contributed by atoms with Crippen molar-refractivity contribution in [3.63, 3.8) is 0 Å². The van der Waals surface area contributed by atoms with E-state index >= 15 is 0 Å². The number of amides is 2. The molecule has 0 aliphatic rings. The first-order valence-electron chi connectivity index (χ1n) is 8.29. The molecule has 0 aliphatic heterocycles. The number of benzene rings is 1. The van der Waals surface area contributed by atoms with E-state index in [1.807, 2.05) is 19.9 Å². The van der Waals surface area contributed by atoms with Gasteiger partial charge < -0.3 is 15.1 Å². The number of aryl methyl sites for hydroxylation is 1. The summed E-state index contributed by atoms with van der Waals surface area (Å²) in [6, 6.07) is 4.04. The third kappa shape index (κ3) is 3.78. The lowest BCUT2D eigenvalue weighted by Crippen LogP contribution is -2.43. The van der Waals surface area contributed by atoms with Crippen LogP contribution in [0.3, 0.4) is 0 Å². The SMILES string of the molecule is Cc1cc2occ(CC(=O)N(CC(N)=O)C(C)C)c2cc1C(C)C. The van der Waals surface area contributed by atoms with Crippen molar-refractivity contribution in [2.75, 3.05) is 6.54 Å². The highest BCUT2D eigenvalue weighted by Gasteiger charge is 2.21. The Morgan fingerprint density at radius 2 is 1.88 bits per heavy atom. The average molecular weight is 330 g/mol. The summed E-state index contributed by atoms with van der Waals surface area (Å²) in [5.74, 6) is -0.236. The summed E-state index contributed by atoms with van der Waals surface area (Å²) in [6.07, 6.45) is 1.83.